The Morgan fingerprint density at radius 2 is 1.88 bits per heavy atom. The molecule has 7 N–H and O–H groups in total. The van der Waals surface area contributed by atoms with E-state index in [0.29, 0.717) is 11.1 Å². The Labute approximate surface area is 196 Å². The van der Waals surface area contributed by atoms with E-state index in [-0.39, 0.29) is 34.7 Å². The molecule has 9 nitrogen and oxygen atoms in total. The van der Waals surface area contributed by atoms with Crippen LogP contribution in [0.5, 0.6) is 5.75 Å². The second kappa shape index (κ2) is 9.56. The number of nitrogens with zero attached hydrogens (tertiary/aromatic N) is 1. The van der Waals surface area contributed by atoms with Gasteiger partial charge in [-0.3, -0.25) is 4.79 Å². The Hall–Kier alpha value is -2.86. The van der Waals surface area contributed by atoms with Crippen LogP contribution in [0, 0.1) is 0 Å². The fourth-order valence-corrected chi connectivity index (χ4v) is 5.92. The van der Waals surface area contributed by atoms with Crippen molar-refractivity contribution in [3.05, 3.63) is 47.3 Å². The van der Waals surface area contributed by atoms with Gasteiger partial charge in [0.05, 0.1) is 16.0 Å². The molecule has 0 aliphatic carbocycles. The van der Waals surface area contributed by atoms with Crippen molar-refractivity contribution < 1.29 is 17.9 Å². The van der Waals surface area contributed by atoms with Crippen molar-refractivity contribution in [3.63, 3.8) is 0 Å². The Kier molecular flexibility index (Phi) is 6.75. The van der Waals surface area contributed by atoms with Gasteiger partial charge in [-0.2, -0.15) is 0 Å². The number of nitrogen functional groups attached to an aromatic ring is 1. The number of amides is 1. The van der Waals surface area contributed by atoms with Crippen LogP contribution in [0.3, 0.4) is 0 Å². The number of piperidine rings is 1. The molecule has 1 aliphatic heterocycles. The lowest BCUT2D eigenvalue weighted by Crippen LogP contribution is -2.39. The number of primary amides is 1. The highest BCUT2D eigenvalue weighted by Gasteiger charge is 2.22. The topological polar surface area (TPSA) is 154 Å². The molecular weight excluding hydrogens is 462 g/mol. The lowest BCUT2D eigenvalue weighted by Gasteiger charge is -2.32. The minimum absolute atomic E-state index is 0.0637. The van der Waals surface area contributed by atoms with E-state index in [4.69, 9.17) is 21.9 Å². The smallest absolute Gasteiger partial charge is 0.260 e. The number of hydrogen-bond donors (Lipinski definition) is 4. The summed E-state index contributed by atoms with van der Waals surface area (Å²) < 4.78 is 34.1. The number of hydrogen-bond acceptors (Lipinski definition) is 8. The van der Waals surface area contributed by atoms with Crippen molar-refractivity contribution in [2.75, 3.05) is 36.9 Å². The number of carbonyl (C=O) groups is 1. The van der Waals surface area contributed by atoms with Gasteiger partial charge in [-0.15, -0.1) is 11.3 Å². The minimum Gasteiger partial charge on any atom is -0.491 e. The van der Waals surface area contributed by atoms with Crippen LogP contribution in [0.15, 0.2) is 47.4 Å². The van der Waals surface area contributed by atoms with E-state index in [1.807, 2.05) is 12.1 Å². The fourth-order valence-electron chi connectivity index (χ4n) is 3.86. The summed E-state index contributed by atoms with van der Waals surface area (Å²) in [6.07, 6.45) is 1.77. The summed E-state index contributed by atoms with van der Waals surface area (Å²) in [6, 6.07) is 12.2. The molecule has 1 aromatic heterocycles. The van der Waals surface area contributed by atoms with E-state index in [9.17, 15) is 13.2 Å². The van der Waals surface area contributed by atoms with Crippen molar-refractivity contribution in [2.24, 2.45) is 11.5 Å². The zero-order valence-electron chi connectivity index (χ0n) is 18.0. The third-order valence-electron chi connectivity index (χ3n) is 5.61. The fraction of sp³-hybridized carbons (Fsp3) is 0.318. The Balaban J connectivity index is 1.56. The average Bonchev–Trinajstić information content (AvgIpc) is 3.14. The van der Waals surface area contributed by atoms with Crippen molar-refractivity contribution in [1.82, 2.24) is 4.72 Å². The highest BCUT2D eigenvalue weighted by Crippen LogP contribution is 2.42. The molecule has 0 saturated carbocycles. The summed E-state index contributed by atoms with van der Waals surface area (Å²) in [5.74, 6) is -0.113. The van der Waals surface area contributed by atoms with Crippen LogP contribution >= 0.6 is 11.3 Å². The standard InChI is InChI=1S/C22H27N5O4S2/c23-14-6-9-27(10-7-14)15-12-17(19-18(13-15)32-21(20(19)24)22(25)28)31-11-8-26-33(29,30)16-4-2-1-3-5-16/h1-5,12-14,26H,6-11,23-24H2,(H2,25,28). The SMILES string of the molecule is NC(=O)c1sc2cc(N3CCC(N)CC3)cc(OCCNS(=O)(=O)c3ccccc3)c2c1N. The van der Waals surface area contributed by atoms with Gasteiger partial charge in [0.2, 0.25) is 10.0 Å². The van der Waals surface area contributed by atoms with E-state index < -0.39 is 15.9 Å². The number of benzene rings is 2. The molecule has 3 aromatic rings. The monoisotopic (exact) mass is 489 g/mol. The van der Waals surface area contributed by atoms with E-state index in [1.165, 1.54) is 23.5 Å². The first-order chi connectivity index (χ1) is 15.8. The molecule has 4 rings (SSSR count). The number of fused-ring (bicyclic) bond motifs is 1. The maximum atomic E-state index is 12.4. The lowest BCUT2D eigenvalue weighted by molar-refractivity contribution is 0.100. The Morgan fingerprint density at radius 3 is 2.55 bits per heavy atom. The highest BCUT2D eigenvalue weighted by molar-refractivity contribution is 7.89. The second-order valence-corrected chi connectivity index (χ2v) is 10.7. The minimum atomic E-state index is -3.64. The van der Waals surface area contributed by atoms with Gasteiger partial charge in [-0.05, 0) is 31.0 Å². The van der Waals surface area contributed by atoms with Crippen LogP contribution in [0.1, 0.15) is 22.5 Å². The van der Waals surface area contributed by atoms with Crippen LogP contribution in [0.25, 0.3) is 10.1 Å². The quantitative estimate of drug-likeness (QED) is 0.352. The molecule has 176 valence electrons. The highest BCUT2D eigenvalue weighted by atomic mass is 32.2. The van der Waals surface area contributed by atoms with Gasteiger partial charge < -0.3 is 26.8 Å². The van der Waals surface area contributed by atoms with Crippen LogP contribution in [-0.2, 0) is 10.0 Å². The number of nitrogens with one attached hydrogen (secondary N) is 1. The first kappa shape index (κ1) is 23.3. The molecule has 0 radical (unpaired) electrons. The van der Waals surface area contributed by atoms with Crippen molar-refractivity contribution in [1.29, 1.82) is 0 Å². The molecule has 2 aromatic carbocycles. The summed E-state index contributed by atoms with van der Waals surface area (Å²) >= 11 is 1.22. The van der Waals surface area contributed by atoms with E-state index in [2.05, 4.69) is 9.62 Å². The van der Waals surface area contributed by atoms with E-state index >= 15 is 0 Å². The summed E-state index contributed by atoms with van der Waals surface area (Å²) in [5, 5.41) is 0.608. The van der Waals surface area contributed by atoms with Gasteiger partial charge in [-0.25, -0.2) is 13.1 Å². The predicted molar refractivity (Wildman–Crippen MR) is 131 cm³/mol. The van der Waals surface area contributed by atoms with Gasteiger partial charge in [0, 0.05) is 42.1 Å². The number of anilines is 2. The third kappa shape index (κ3) is 5.06. The zero-order chi connectivity index (χ0) is 23.6. The molecule has 33 heavy (non-hydrogen) atoms. The maximum absolute atomic E-state index is 12.4. The molecule has 0 spiro atoms. The van der Waals surface area contributed by atoms with Crippen LogP contribution in [-0.4, -0.2) is 46.6 Å². The summed E-state index contributed by atoms with van der Waals surface area (Å²) in [7, 11) is -3.64. The first-order valence-electron chi connectivity index (χ1n) is 10.6. The number of thiophene rings is 1. The molecule has 0 unspecified atom stereocenters. The van der Waals surface area contributed by atoms with Gasteiger partial charge >= 0.3 is 0 Å². The van der Waals surface area contributed by atoms with E-state index in [1.54, 1.807) is 18.2 Å². The molecule has 2 heterocycles. The molecule has 0 atom stereocenters. The number of rotatable bonds is 8. The van der Waals surface area contributed by atoms with Gasteiger partial charge in [0.1, 0.15) is 17.2 Å². The molecule has 1 fully saturated rings. The number of sulfonamides is 1. The van der Waals surface area contributed by atoms with E-state index in [0.717, 1.165) is 36.3 Å². The first-order valence-corrected chi connectivity index (χ1v) is 12.9. The van der Waals surface area contributed by atoms with Crippen LogP contribution < -0.4 is 31.6 Å². The maximum Gasteiger partial charge on any atom is 0.260 e. The molecule has 1 aliphatic rings. The molecule has 1 saturated heterocycles. The normalized spacial score (nSPS) is 15.1. The van der Waals surface area contributed by atoms with Crippen molar-refractivity contribution in [3.8, 4) is 5.75 Å². The summed E-state index contributed by atoms with van der Waals surface area (Å²) in [4.78, 5) is 14.5. The number of ether oxygens (including phenoxy) is 1. The molecule has 1 amide bonds. The van der Waals surface area contributed by atoms with Crippen molar-refractivity contribution in [2.45, 2.75) is 23.8 Å². The molecule has 0 bridgehead atoms. The zero-order valence-corrected chi connectivity index (χ0v) is 19.6. The summed E-state index contributed by atoms with van der Waals surface area (Å²) in [6.45, 7) is 1.77. The summed E-state index contributed by atoms with van der Waals surface area (Å²) in [5.41, 5.74) is 19.0. The predicted octanol–water partition coefficient (Wildman–Crippen LogP) is 1.87. The second-order valence-electron chi connectivity index (χ2n) is 7.91. The van der Waals surface area contributed by atoms with Crippen LogP contribution in [0.2, 0.25) is 0 Å². The van der Waals surface area contributed by atoms with Gasteiger partial charge in [0.15, 0.2) is 0 Å². The largest absolute Gasteiger partial charge is 0.491 e. The van der Waals surface area contributed by atoms with Crippen molar-refractivity contribution >= 4 is 48.7 Å². The molecule has 11 heteroatoms. The Bertz CT molecular complexity index is 1250. The lowest BCUT2D eigenvalue weighted by atomic mass is 10.0. The Morgan fingerprint density at radius 1 is 1.18 bits per heavy atom. The van der Waals surface area contributed by atoms with Gasteiger partial charge in [0.25, 0.3) is 5.91 Å². The number of carbonyl (C=O) groups excluding carboxylic acids is 1. The average molecular weight is 490 g/mol. The number of nitrogens with two attached hydrogens (primary N) is 3. The van der Waals surface area contributed by atoms with Crippen LogP contribution in [0.4, 0.5) is 11.4 Å². The third-order valence-corrected chi connectivity index (χ3v) is 8.25. The molecular formula is C22H27N5O4S2. The van der Waals surface area contributed by atoms with Gasteiger partial charge in [-0.1, -0.05) is 18.2 Å².